The Hall–Kier alpha value is -0.870. The molecule has 1 N–H and O–H groups in total. The molecule has 3 rings (SSSR count). The molecule has 3 heterocycles. The second-order valence-corrected chi connectivity index (χ2v) is 6.60. The van der Waals surface area contributed by atoms with E-state index in [4.69, 9.17) is 4.98 Å². The third-order valence-corrected chi connectivity index (χ3v) is 4.79. The molecular formula is C16H28N4. The first-order chi connectivity index (χ1) is 9.69. The highest BCUT2D eigenvalue weighted by Gasteiger charge is 2.26. The molecule has 0 bridgehead atoms. The van der Waals surface area contributed by atoms with Gasteiger partial charge in [-0.05, 0) is 25.4 Å². The molecule has 1 aromatic rings. The fourth-order valence-corrected chi connectivity index (χ4v) is 3.64. The number of aromatic nitrogens is 2. The first-order valence-corrected chi connectivity index (χ1v) is 8.20. The van der Waals surface area contributed by atoms with Crippen molar-refractivity contribution in [3.63, 3.8) is 0 Å². The van der Waals surface area contributed by atoms with Gasteiger partial charge in [0.2, 0.25) is 0 Å². The zero-order chi connectivity index (χ0) is 14.1. The first kappa shape index (κ1) is 14.1. The summed E-state index contributed by atoms with van der Waals surface area (Å²) in [6, 6.07) is 0. The molecule has 0 aliphatic carbocycles. The molecule has 0 saturated carbocycles. The Morgan fingerprint density at radius 1 is 1.40 bits per heavy atom. The Balaban J connectivity index is 1.82. The van der Waals surface area contributed by atoms with E-state index in [9.17, 15) is 0 Å². The topological polar surface area (TPSA) is 33.1 Å². The molecule has 4 nitrogen and oxygen atoms in total. The summed E-state index contributed by atoms with van der Waals surface area (Å²) < 4.78 is 2.56. The molecule has 0 amide bonds. The number of likely N-dealkylation sites (tertiary alicyclic amines) is 1. The predicted octanol–water partition coefficient (Wildman–Crippen LogP) is 1.99. The van der Waals surface area contributed by atoms with Crippen LogP contribution < -0.4 is 5.32 Å². The fraction of sp³-hybridized carbons (Fsp3) is 0.812. The number of hydrogen-bond donors (Lipinski definition) is 1. The lowest BCUT2D eigenvalue weighted by Crippen LogP contribution is -2.26. The highest BCUT2D eigenvalue weighted by molar-refractivity contribution is 5.22. The Morgan fingerprint density at radius 2 is 2.25 bits per heavy atom. The van der Waals surface area contributed by atoms with Crippen LogP contribution in [0.1, 0.15) is 50.3 Å². The van der Waals surface area contributed by atoms with Crippen molar-refractivity contribution in [2.45, 2.75) is 52.6 Å². The fourth-order valence-electron chi connectivity index (χ4n) is 3.64. The third kappa shape index (κ3) is 2.63. The minimum Gasteiger partial charge on any atom is -0.331 e. The average Bonchev–Trinajstić information content (AvgIpc) is 3.04. The molecule has 20 heavy (non-hydrogen) atoms. The summed E-state index contributed by atoms with van der Waals surface area (Å²) in [5, 5.41) is 3.45. The van der Waals surface area contributed by atoms with Crippen LogP contribution in [0, 0.1) is 5.92 Å². The van der Waals surface area contributed by atoms with Gasteiger partial charge in [0.15, 0.2) is 0 Å². The molecule has 0 aromatic carbocycles. The van der Waals surface area contributed by atoms with Gasteiger partial charge in [0.05, 0.1) is 5.69 Å². The van der Waals surface area contributed by atoms with Crippen molar-refractivity contribution in [2.75, 3.05) is 26.2 Å². The maximum atomic E-state index is 4.92. The smallest absolute Gasteiger partial charge is 0.111 e. The number of nitrogens with one attached hydrogen (secondary N) is 1. The zero-order valence-corrected chi connectivity index (χ0v) is 13.2. The standard InChI is InChI=1S/C16H28N4/c1-4-19-8-6-13(10-19)11-20-15-5-7-17-9-14(15)18-16(20)12(2)3/h12-13,17H,4-11H2,1-3H3. The summed E-state index contributed by atoms with van der Waals surface area (Å²) in [5.41, 5.74) is 2.80. The summed E-state index contributed by atoms with van der Waals surface area (Å²) in [6.45, 7) is 13.8. The molecule has 2 aliphatic heterocycles. The van der Waals surface area contributed by atoms with E-state index < -0.39 is 0 Å². The van der Waals surface area contributed by atoms with Gasteiger partial charge in [-0.25, -0.2) is 4.98 Å². The van der Waals surface area contributed by atoms with Crippen LogP contribution in [-0.4, -0.2) is 40.6 Å². The lowest BCUT2D eigenvalue weighted by atomic mass is 10.1. The molecule has 112 valence electrons. The summed E-state index contributed by atoms with van der Waals surface area (Å²) in [4.78, 5) is 7.49. The van der Waals surface area contributed by atoms with Crippen LogP contribution in [0.5, 0.6) is 0 Å². The van der Waals surface area contributed by atoms with Crippen molar-refractivity contribution < 1.29 is 0 Å². The lowest BCUT2D eigenvalue weighted by Gasteiger charge is -2.20. The van der Waals surface area contributed by atoms with E-state index in [0.29, 0.717) is 5.92 Å². The SMILES string of the molecule is CCN1CCC(Cn2c(C(C)C)nc3c2CCNC3)C1. The van der Waals surface area contributed by atoms with Gasteiger partial charge in [-0.3, -0.25) is 0 Å². The minimum absolute atomic E-state index is 0.518. The van der Waals surface area contributed by atoms with Crippen LogP contribution in [0.4, 0.5) is 0 Å². The number of nitrogens with zero attached hydrogens (tertiary/aromatic N) is 3. The molecule has 4 heteroatoms. The van der Waals surface area contributed by atoms with Crippen LogP contribution in [0.25, 0.3) is 0 Å². The van der Waals surface area contributed by atoms with Crippen molar-refractivity contribution >= 4 is 0 Å². The number of imidazole rings is 1. The Labute approximate surface area is 122 Å². The highest BCUT2D eigenvalue weighted by atomic mass is 15.2. The average molecular weight is 276 g/mol. The van der Waals surface area contributed by atoms with Gasteiger partial charge >= 0.3 is 0 Å². The predicted molar refractivity (Wildman–Crippen MR) is 81.9 cm³/mol. The van der Waals surface area contributed by atoms with Crippen LogP contribution in [0.15, 0.2) is 0 Å². The molecule has 1 fully saturated rings. The van der Waals surface area contributed by atoms with Crippen molar-refractivity contribution in [2.24, 2.45) is 5.92 Å². The lowest BCUT2D eigenvalue weighted by molar-refractivity contribution is 0.329. The maximum absolute atomic E-state index is 4.92. The maximum Gasteiger partial charge on any atom is 0.111 e. The zero-order valence-electron chi connectivity index (χ0n) is 13.2. The van der Waals surface area contributed by atoms with Gasteiger partial charge in [0, 0.05) is 44.2 Å². The van der Waals surface area contributed by atoms with Crippen LogP contribution in [0.3, 0.4) is 0 Å². The summed E-state index contributed by atoms with van der Waals surface area (Å²) in [5.74, 6) is 2.62. The summed E-state index contributed by atoms with van der Waals surface area (Å²) in [6.07, 6.45) is 2.48. The normalized spacial score (nSPS) is 23.5. The number of rotatable bonds is 4. The molecule has 1 unspecified atom stereocenters. The first-order valence-electron chi connectivity index (χ1n) is 8.20. The Kier molecular flexibility index (Phi) is 4.13. The minimum atomic E-state index is 0.518. The quantitative estimate of drug-likeness (QED) is 0.913. The summed E-state index contributed by atoms with van der Waals surface area (Å²) >= 11 is 0. The van der Waals surface area contributed by atoms with Gasteiger partial charge in [-0.2, -0.15) is 0 Å². The van der Waals surface area contributed by atoms with E-state index in [2.05, 4.69) is 35.6 Å². The van der Waals surface area contributed by atoms with Crippen molar-refractivity contribution in [3.05, 3.63) is 17.2 Å². The van der Waals surface area contributed by atoms with E-state index in [1.54, 1.807) is 0 Å². The summed E-state index contributed by atoms with van der Waals surface area (Å²) in [7, 11) is 0. The van der Waals surface area contributed by atoms with E-state index in [-0.39, 0.29) is 0 Å². The van der Waals surface area contributed by atoms with Gasteiger partial charge in [0.25, 0.3) is 0 Å². The molecular weight excluding hydrogens is 248 g/mol. The second kappa shape index (κ2) is 5.86. The van der Waals surface area contributed by atoms with Crippen molar-refractivity contribution in [1.82, 2.24) is 19.8 Å². The molecule has 0 spiro atoms. The molecule has 2 aliphatic rings. The highest BCUT2D eigenvalue weighted by Crippen LogP contribution is 2.26. The van der Waals surface area contributed by atoms with Crippen molar-refractivity contribution in [3.8, 4) is 0 Å². The van der Waals surface area contributed by atoms with Crippen LogP contribution >= 0.6 is 0 Å². The van der Waals surface area contributed by atoms with E-state index in [1.165, 1.54) is 49.8 Å². The molecule has 1 aromatic heterocycles. The second-order valence-electron chi connectivity index (χ2n) is 6.60. The largest absolute Gasteiger partial charge is 0.331 e. The van der Waals surface area contributed by atoms with Crippen molar-refractivity contribution in [1.29, 1.82) is 0 Å². The van der Waals surface area contributed by atoms with Crippen LogP contribution in [0.2, 0.25) is 0 Å². The Bertz CT molecular complexity index is 463. The van der Waals surface area contributed by atoms with Crippen LogP contribution in [-0.2, 0) is 19.5 Å². The third-order valence-electron chi connectivity index (χ3n) is 4.79. The molecule has 1 atom stereocenters. The monoisotopic (exact) mass is 276 g/mol. The number of fused-ring (bicyclic) bond motifs is 1. The van der Waals surface area contributed by atoms with Gasteiger partial charge in [-0.15, -0.1) is 0 Å². The molecule has 0 radical (unpaired) electrons. The molecule has 1 saturated heterocycles. The van der Waals surface area contributed by atoms with E-state index >= 15 is 0 Å². The van der Waals surface area contributed by atoms with E-state index in [1.807, 2.05) is 0 Å². The van der Waals surface area contributed by atoms with Gasteiger partial charge in [-0.1, -0.05) is 20.8 Å². The van der Waals surface area contributed by atoms with Gasteiger partial charge in [0.1, 0.15) is 5.82 Å². The Morgan fingerprint density at radius 3 is 2.95 bits per heavy atom. The van der Waals surface area contributed by atoms with E-state index in [0.717, 1.165) is 25.4 Å². The van der Waals surface area contributed by atoms with Gasteiger partial charge < -0.3 is 14.8 Å². The number of hydrogen-bond acceptors (Lipinski definition) is 3.